The van der Waals surface area contributed by atoms with Crippen molar-refractivity contribution in [2.45, 2.75) is 6.42 Å². The Morgan fingerprint density at radius 2 is 1.62 bits per heavy atom. The normalized spacial score (nSPS) is 10.2. The van der Waals surface area contributed by atoms with Crippen LogP contribution in [0.15, 0.2) is 42.5 Å². The highest BCUT2D eigenvalue weighted by Crippen LogP contribution is 2.15. The average Bonchev–Trinajstić information content (AvgIpc) is 2.44. The molecular formula is C15H13F3N2O. The molecule has 3 nitrogen and oxygen atoms in total. The van der Waals surface area contributed by atoms with Crippen molar-refractivity contribution in [3.05, 3.63) is 59.9 Å². The van der Waals surface area contributed by atoms with Gasteiger partial charge in [-0.2, -0.15) is 0 Å². The summed E-state index contributed by atoms with van der Waals surface area (Å²) in [7, 11) is 0. The van der Waals surface area contributed by atoms with Crippen LogP contribution >= 0.6 is 0 Å². The van der Waals surface area contributed by atoms with Gasteiger partial charge in [0.25, 0.3) is 0 Å². The van der Waals surface area contributed by atoms with Gasteiger partial charge in [-0.1, -0.05) is 0 Å². The Balaban J connectivity index is 1.80. The molecule has 1 amide bonds. The molecule has 0 saturated heterocycles. The number of anilines is 2. The van der Waals surface area contributed by atoms with Crippen LogP contribution in [0.4, 0.5) is 24.5 Å². The molecule has 0 aliphatic rings. The zero-order valence-corrected chi connectivity index (χ0v) is 11.0. The number of nitrogens with one attached hydrogen (secondary N) is 2. The molecule has 0 aromatic heterocycles. The SMILES string of the molecule is O=C(CCNc1ccc(F)cc1F)Nc1ccc(F)cc1. The Morgan fingerprint density at radius 1 is 0.952 bits per heavy atom. The first-order valence-electron chi connectivity index (χ1n) is 6.29. The summed E-state index contributed by atoms with van der Waals surface area (Å²) >= 11 is 0. The van der Waals surface area contributed by atoms with Gasteiger partial charge in [0.2, 0.25) is 5.91 Å². The van der Waals surface area contributed by atoms with Crippen LogP contribution < -0.4 is 10.6 Å². The van der Waals surface area contributed by atoms with Crippen LogP contribution in [0.5, 0.6) is 0 Å². The second-order valence-electron chi connectivity index (χ2n) is 4.36. The molecule has 0 fully saturated rings. The second kappa shape index (κ2) is 6.78. The molecule has 2 rings (SSSR count). The van der Waals surface area contributed by atoms with E-state index in [9.17, 15) is 18.0 Å². The first-order valence-corrected chi connectivity index (χ1v) is 6.29. The van der Waals surface area contributed by atoms with Crippen molar-refractivity contribution in [3.63, 3.8) is 0 Å². The number of hydrogen-bond donors (Lipinski definition) is 2. The fourth-order valence-electron chi connectivity index (χ4n) is 1.70. The average molecular weight is 294 g/mol. The van der Waals surface area contributed by atoms with Gasteiger partial charge in [-0.15, -0.1) is 0 Å². The van der Waals surface area contributed by atoms with Crippen molar-refractivity contribution in [3.8, 4) is 0 Å². The maximum atomic E-state index is 13.3. The number of carbonyl (C=O) groups is 1. The van der Waals surface area contributed by atoms with Gasteiger partial charge in [0.15, 0.2) is 0 Å². The highest BCUT2D eigenvalue weighted by atomic mass is 19.1. The molecule has 0 heterocycles. The van der Waals surface area contributed by atoms with Crippen molar-refractivity contribution in [2.75, 3.05) is 17.2 Å². The largest absolute Gasteiger partial charge is 0.382 e. The van der Waals surface area contributed by atoms with Gasteiger partial charge >= 0.3 is 0 Å². The molecule has 0 aliphatic heterocycles. The Hall–Kier alpha value is -2.50. The molecule has 0 spiro atoms. The van der Waals surface area contributed by atoms with Crippen LogP contribution in [0, 0.1) is 17.5 Å². The highest BCUT2D eigenvalue weighted by Gasteiger charge is 2.05. The molecule has 2 N–H and O–H groups in total. The minimum Gasteiger partial charge on any atom is -0.382 e. The predicted molar refractivity (Wildman–Crippen MR) is 74.5 cm³/mol. The third-order valence-corrected chi connectivity index (χ3v) is 2.73. The molecule has 21 heavy (non-hydrogen) atoms. The molecule has 0 bridgehead atoms. The molecule has 110 valence electrons. The quantitative estimate of drug-likeness (QED) is 0.885. The van der Waals surface area contributed by atoms with Gasteiger partial charge < -0.3 is 10.6 Å². The standard InChI is InChI=1S/C15H13F3N2O/c16-10-1-4-12(5-2-10)20-15(21)7-8-19-14-6-3-11(17)9-13(14)18/h1-6,9,19H,7-8H2,(H,20,21). The smallest absolute Gasteiger partial charge is 0.226 e. The van der Waals surface area contributed by atoms with Crippen LogP contribution in [0.1, 0.15) is 6.42 Å². The van der Waals surface area contributed by atoms with Crippen LogP contribution in [-0.2, 0) is 4.79 Å². The second-order valence-corrected chi connectivity index (χ2v) is 4.36. The Morgan fingerprint density at radius 3 is 2.29 bits per heavy atom. The van der Waals surface area contributed by atoms with E-state index in [1.165, 1.54) is 30.3 Å². The number of rotatable bonds is 5. The molecule has 2 aromatic rings. The monoisotopic (exact) mass is 294 g/mol. The lowest BCUT2D eigenvalue weighted by Gasteiger charge is -2.08. The number of halogens is 3. The molecular weight excluding hydrogens is 281 g/mol. The maximum Gasteiger partial charge on any atom is 0.226 e. The molecule has 0 aliphatic carbocycles. The zero-order chi connectivity index (χ0) is 15.2. The van der Waals surface area contributed by atoms with E-state index in [1.54, 1.807) is 0 Å². The van der Waals surface area contributed by atoms with Gasteiger partial charge in [0.05, 0.1) is 5.69 Å². The van der Waals surface area contributed by atoms with Crippen LogP contribution in [0.25, 0.3) is 0 Å². The minimum absolute atomic E-state index is 0.0915. The van der Waals surface area contributed by atoms with Gasteiger partial charge in [-0.25, -0.2) is 13.2 Å². The summed E-state index contributed by atoms with van der Waals surface area (Å²) in [5.41, 5.74) is 0.611. The number of hydrogen-bond acceptors (Lipinski definition) is 2. The van der Waals surface area contributed by atoms with E-state index in [-0.39, 0.29) is 30.4 Å². The summed E-state index contributed by atoms with van der Waals surface area (Å²) in [6, 6.07) is 8.53. The van der Waals surface area contributed by atoms with E-state index < -0.39 is 11.6 Å². The topological polar surface area (TPSA) is 41.1 Å². The van der Waals surface area contributed by atoms with Crippen molar-refractivity contribution < 1.29 is 18.0 Å². The highest BCUT2D eigenvalue weighted by molar-refractivity contribution is 5.90. The van der Waals surface area contributed by atoms with Gasteiger partial charge in [-0.3, -0.25) is 4.79 Å². The lowest BCUT2D eigenvalue weighted by atomic mass is 10.2. The predicted octanol–water partition coefficient (Wildman–Crippen LogP) is 3.54. The maximum absolute atomic E-state index is 13.3. The number of amides is 1. The van der Waals surface area contributed by atoms with E-state index >= 15 is 0 Å². The summed E-state index contributed by atoms with van der Waals surface area (Å²) in [5, 5.41) is 5.28. The molecule has 0 radical (unpaired) electrons. The molecule has 6 heteroatoms. The number of benzene rings is 2. The van der Waals surface area contributed by atoms with E-state index in [1.807, 2.05) is 0 Å². The first-order chi connectivity index (χ1) is 10.0. The van der Waals surface area contributed by atoms with Gasteiger partial charge in [-0.05, 0) is 36.4 Å². The van der Waals surface area contributed by atoms with Crippen molar-refractivity contribution in [1.82, 2.24) is 0 Å². The Labute approximate surface area is 119 Å². The molecule has 0 unspecified atom stereocenters. The van der Waals surface area contributed by atoms with E-state index in [2.05, 4.69) is 10.6 Å². The third kappa shape index (κ3) is 4.52. The van der Waals surface area contributed by atoms with Crippen LogP contribution in [0.3, 0.4) is 0 Å². The summed E-state index contributed by atoms with van der Waals surface area (Å²) in [6.07, 6.45) is 0.0915. The fraction of sp³-hybridized carbons (Fsp3) is 0.133. The van der Waals surface area contributed by atoms with E-state index in [0.717, 1.165) is 12.1 Å². The molecule has 2 aromatic carbocycles. The van der Waals surface area contributed by atoms with Crippen LogP contribution in [-0.4, -0.2) is 12.5 Å². The van der Waals surface area contributed by atoms with Crippen molar-refractivity contribution in [1.29, 1.82) is 0 Å². The first kappa shape index (κ1) is 14.9. The number of carbonyl (C=O) groups excluding carboxylic acids is 1. The zero-order valence-electron chi connectivity index (χ0n) is 11.0. The Kier molecular flexibility index (Phi) is 4.81. The Bertz CT molecular complexity index is 629. The van der Waals surface area contributed by atoms with E-state index in [0.29, 0.717) is 5.69 Å². The summed E-state index contributed by atoms with van der Waals surface area (Å²) in [4.78, 5) is 11.6. The van der Waals surface area contributed by atoms with Crippen LogP contribution in [0.2, 0.25) is 0 Å². The summed E-state index contributed by atoms with van der Waals surface area (Å²) in [6.45, 7) is 0.190. The lowest BCUT2D eigenvalue weighted by Crippen LogP contribution is -2.16. The van der Waals surface area contributed by atoms with Crippen molar-refractivity contribution >= 4 is 17.3 Å². The van der Waals surface area contributed by atoms with E-state index in [4.69, 9.17) is 0 Å². The van der Waals surface area contributed by atoms with Gasteiger partial charge in [0.1, 0.15) is 17.5 Å². The molecule has 0 atom stereocenters. The minimum atomic E-state index is -0.714. The summed E-state index contributed by atoms with van der Waals surface area (Å²) in [5.74, 6) is -2.06. The fourth-order valence-corrected chi connectivity index (χ4v) is 1.70. The summed E-state index contributed by atoms with van der Waals surface area (Å²) < 4.78 is 38.7. The van der Waals surface area contributed by atoms with Gasteiger partial charge in [0, 0.05) is 24.7 Å². The lowest BCUT2D eigenvalue weighted by molar-refractivity contribution is -0.115. The van der Waals surface area contributed by atoms with Crippen molar-refractivity contribution in [2.24, 2.45) is 0 Å². The third-order valence-electron chi connectivity index (χ3n) is 2.73. The molecule has 0 saturated carbocycles.